The fourth-order valence-corrected chi connectivity index (χ4v) is 6.28. The van der Waals surface area contributed by atoms with Crippen molar-refractivity contribution in [3.63, 3.8) is 0 Å². The molecule has 15 heavy (non-hydrogen) atoms. The first-order valence-electron chi connectivity index (χ1n) is 5.22. The Kier molecular flexibility index (Phi) is 5.81. The summed E-state index contributed by atoms with van der Waals surface area (Å²) in [6.45, 7) is 4.55. The fourth-order valence-electron chi connectivity index (χ4n) is 1.81. The molecule has 1 fully saturated rings. The summed E-state index contributed by atoms with van der Waals surface area (Å²) in [5.74, 6) is 0. The third-order valence-electron chi connectivity index (χ3n) is 2.48. The minimum atomic E-state index is -2.94. The van der Waals surface area contributed by atoms with Crippen LogP contribution in [0.5, 0.6) is 0 Å². The SMILES string of the molecule is CCOP(=O)(OCC)C1CCC(Br)C1Br. The van der Waals surface area contributed by atoms with Crippen LogP contribution in [-0.4, -0.2) is 28.5 Å². The van der Waals surface area contributed by atoms with Crippen molar-refractivity contribution in [2.45, 2.75) is 42.0 Å². The first kappa shape index (κ1) is 14.2. The quantitative estimate of drug-likeness (QED) is 0.548. The first-order valence-corrected chi connectivity index (χ1v) is 8.66. The van der Waals surface area contributed by atoms with E-state index in [1.54, 1.807) is 0 Å². The van der Waals surface area contributed by atoms with Crippen molar-refractivity contribution in [3.8, 4) is 0 Å². The minimum Gasteiger partial charge on any atom is -0.309 e. The van der Waals surface area contributed by atoms with Crippen LogP contribution in [-0.2, 0) is 13.6 Å². The highest BCUT2D eigenvalue weighted by Gasteiger charge is 2.46. The maximum atomic E-state index is 12.5. The molecule has 0 radical (unpaired) electrons. The van der Waals surface area contributed by atoms with Gasteiger partial charge in [0.05, 0.1) is 18.9 Å². The molecular weight excluding hydrogens is 347 g/mol. The van der Waals surface area contributed by atoms with Gasteiger partial charge in [-0.25, -0.2) is 0 Å². The van der Waals surface area contributed by atoms with Gasteiger partial charge in [0.2, 0.25) is 0 Å². The number of alkyl halides is 2. The Morgan fingerprint density at radius 2 is 1.73 bits per heavy atom. The van der Waals surface area contributed by atoms with Gasteiger partial charge in [-0.15, -0.1) is 0 Å². The maximum Gasteiger partial charge on any atom is 0.334 e. The Balaban J connectivity index is 2.76. The highest BCUT2D eigenvalue weighted by Crippen LogP contribution is 2.60. The molecule has 0 aromatic heterocycles. The van der Waals surface area contributed by atoms with Gasteiger partial charge < -0.3 is 9.05 Å². The third-order valence-corrected chi connectivity index (χ3v) is 8.53. The van der Waals surface area contributed by atoms with E-state index in [1.807, 2.05) is 13.8 Å². The molecular formula is C9H17Br2O3P. The van der Waals surface area contributed by atoms with Crippen LogP contribution in [0, 0.1) is 0 Å². The Morgan fingerprint density at radius 1 is 1.20 bits per heavy atom. The van der Waals surface area contributed by atoms with Gasteiger partial charge in [0.15, 0.2) is 0 Å². The molecule has 0 bridgehead atoms. The largest absolute Gasteiger partial charge is 0.334 e. The average Bonchev–Trinajstić information content (AvgIpc) is 2.49. The highest BCUT2D eigenvalue weighted by atomic mass is 79.9. The summed E-state index contributed by atoms with van der Waals surface area (Å²) in [5.41, 5.74) is -0.0261. The second-order valence-corrected chi connectivity index (χ2v) is 7.97. The molecule has 1 aliphatic rings. The molecule has 0 spiro atoms. The molecule has 0 aromatic rings. The standard InChI is InChI=1S/C9H17Br2O3P/c1-3-13-15(12,14-4-2)8-6-5-7(10)9(8)11/h7-9H,3-6H2,1-2H3. The molecule has 0 N–H and O–H groups in total. The first-order chi connectivity index (χ1) is 7.05. The molecule has 0 amide bonds. The van der Waals surface area contributed by atoms with E-state index in [9.17, 15) is 4.57 Å². The van der Waals surface area contributed by atoms with E-state index < -0.39 is 7.60 Å². The van der Waals surface area contributed by atoms with Gasteiger partial charge in [0.25, 0.3) is 0 Å². The van der Waals surface area contributed by atoms with E-state index >= 15 is 0 Å². The molecule has 0 aliphatic heterocycles. The lowest BCUT2D eigenvalue weighted by Crippen LogP contribution is -2.22. The molecule has 3 unspecified atom stereocenters. The van der Waals surface area contributed by atoms with Crippen LogP contribution < -0.4 is 0 Å². The molecule has 0 saturated heterocycles. The van der Waals surface area contributed by atoms with E-state index in [-0.39, 0.29) is 10.5 Å². The van der Waals surface area contributed by atoms with Gasteiger partial charge in [-0.05, 0) is 26.7 Å². The zero-order valence-electron chi connectivity index (χ0n) is 8.99. The second-order valence-electron chi connectivity index (χ2n) is 3.48. The molecule has 1 saturated carbocycles. The smallest absolute Gasteiger partial charge is 0.309 e. The number of hydrogen-bond acceptors (Lipinski definition) is 3. The normalized spacial score (nSPS) is 32.1. The van der Waals surface area contributed by atoms with Crippen molar-refractivity contribution in [1.29, 1.82) is 0 Å². The van der Waals surface area contributed by atoms with Crippen LogP contribution in [0.25, 0.3) is 0 Å². The number of hydrogen-bond donors (Lipinski definition) is 0. The van der Waals surface area contributed by atoms with Crippen molar-refractivity contribution in [1.82, 2.24) is 0 Å². The van der Waals surface area contributed by atoms with Gasteiger partial charge in [-0.1, -0.05) is 31.9 Å². The lowest BCUT2D eigenvalue weighted by Gasteiger charge is -2.25. The van der Waals surface area contributed by atoms with Crippen molar-refractivity contribution >= 4 is 39.5 Å². The Labute approximate surface area is 108 Å². The Morgan fingerprint density at radius 3 is 2.07 bits per heavy atom. The molecule has 3 atom stereocenters. The van der Waals surface area contributed by atoms with Crippen LogP contribution in [0.3, 0.4) is 0 Å². The van der Waals surface area contributed by atoms with Crippen molar-refractivity contribution in [2.75, 3.05) is 13.2 Å². The summed E-state index contributed by atoms with van der Waals surface area (Å²) in [6, 6.07) is 0. The van der Waals surface area contributed by atoms with Gasteiger partial charge in [-0.3, -0.25) is 4.57 Å². The number of rotatable bonds is 5. The fraction of sp³-hybridized carbons (Fsp3) is 1.00. The summed E-state index contributed by atoms with van der Waals surface area (Å²) in [5, 5.41) is 0. The Bertz CT molecular complexity index is 240. The zero-order valence-corrected chi connectivity index (χ0v) is 13.1. The molecule has 3 nitrogen and oxygen atoms in total. The topological polar surface area (TPSA) is 35.5 Å². The average molecular weight is 364 g/mol. The summed E-state index contributed by atoms with van der Waals surface area (Å²) >= 11 is 7.13. The molecule has 1 rings (SSSR count). The van der Waals surface area contributed by atoms with Crippen LogP contribution >= 0.6 is 39.5 Å². The maximum absolute atomic E-state index is 12.5. The molecule has 1 aliphatic carbocycles. The van der Waals surface area contributed by atoms with Crippen molar-refractivity contribution in [2.24, 2.45) is 0 Å². The zero-order chi connectivity index (χ0) is 11.5. The van der Waals surface area contributed by atoms with Gasteiger partial charge in [0.1, 0.15) is 0 Å². The van der Waals surface area contributed by atoms with Crippen molar-refractivity contribution in [3.05, 3.63) is 0 Å². The molecule has 6 heteroatoms. The van der Waals surface area contributed by atoms with E-state index in [2.05, 4.69) is 31.9 Å². The minimum absolute atomic E-state index is 0.0261. The molecule has 0 heterocycles. The third kappa shape index (κ3) is 3.29. The number of halogens is 2. The van der Waals surface area contributed by atoms with Gasteiger partial charge in [0, 0.05) is 9.65 Å². The van der Waals surface area contributed by atoms with Crippen LogP contribution in [0.15, 0.2) is 0 Å². The van der Waals surface area contributed by atoms with E-state index in [4.69, 9.17) is 9.05 Å². The van der Waals surface area contributed by atoms with Gasteiger partial charge in [-0.2, -0.15) is 0 Å². The van der Waals surface area contributed by atoms with Gasteiger partial charge >= 0.3 is 7.60 Å². The lowest BCUT2D eigenvalue weighted by atomic mass is 10.4. The van der Waals surface area contributed by atoms with Crippen LogP contribution in [0.2, 0.25) is 0 Å². The van der Waals surface area contributed by atoms with Crippen molar-refractivity contribution < 1.29 is 13.6 Å². The summed E-state index contributed by atoms with van der Waals surface area (Å²) in [6.07, 6.45) is 1.88. The predicted octanol–water partition coefficient (Wildman–Crippen LogP) is 3.94. The van der Waals surface area contributed by atoms with Crippen LogP contribution in [0.4, 0.5) is 0 Å². The Hall–Kier alpha value is 1.11. The summed E-state index contributed by atoms with van der Waals surface area (Å²) in [4.78, 5) is 0.526. The lowest BCUT2D eigenvalue weighted by molar-refractivity contribution is 0.212. The van der Waals surface area contributed by atoms with Crippen LogP contribution in [0.1, 0.15) is 26.7 Å². The molecule has 90 valence electrons. The van der Waals surface area contributed by atoms with E-state index in [1.165, 1.54) is 0 Å². The van der Waals surface area contributed by atoms with E-state index in [0.29, 0.717) is 18.0 Å². The monoisotopic (exact) mass is 362 g/mol. The second kappa shape index (κ2) is 6.15. The predicted molar refractivity (Wildman–Crippen MR) is 69.3 cm³/mol. The highest BCUT2D eigenvalue weighted by molar-refractivity contribution is 9.12. The van der Waals surface area contributed by atoms with E-state index in [0.717, 1.165) is 12.8 Å². The summed E-state index contributed by atoms with van der Waals surface area (Å²) < 4.78 is 23.2. The molecule has 0 aromatic carbocycles. The summed E-state index contributed by atoms with van der Waals surface area (Å²) in [7, 11) is -2.94.